The lowest BCUT2D eigenvalue weighted by Gasteiger charge is -2.39. The van der Waals surface area contributed by atoms with E-state index in [1.807, 2.05) is 44.2 Å². The molecule has 5 rings (SSSR count). The SMILES string of the molecule is CC[C@H](C)[C@H](NC(=O)[C@@]1(NC(=O)C(CCc2ccc(O)cc2)OC(=O)NCc2ccccc2)CCc2[nH]c3c(Cl)cc(Cl)cc3c2C1)C(N)=S. The summed E-state index contributed by atoms with van der Waals surface area (Å²) in [4.78, 5) is 45.4. The number of thiocarbonyl (C=S) groups is 1. The first-order valence-electron chi connectivity index (χ1n) is 16.6. The zero-order valence-corrected chi connectivity index (χ0v) is 30.2. The minimum atomic E-state index is -1.47. The molecule has 0 bridgehead atoms. The molecule has 3 amide bonds. The number of fused-ring (bicyclic) bond motifs is 3. The van der Waals surface area contributed by atoms with Gasteiger partial charge in [0.15, 0.2) is 6.10 Å². The zero-order valence-electron chi connectivity index (χ0n) is 27.9. The fourth-order valence-corrected chi connectivity index (χ4v) is 7.13. The summed E-state index contributed by atoms with van der Waals surface area (Å²) >= 11 is 18.3. The summed E-state index contributed by atoms with van der Waals surface area (Å²) in [6.07, 6.45) is -0.144. The van der Waals surface area contributed by atoms with Gasteiger partial charge in [-0.15, -0.1) is 0 Å². The standard InChI is InChI=1S/C37H41Cl2N5O5S/c1-3-21(2)31(33(40)50)43-35(47)37(16-15-29-27(19-37)26-17-24(38)18-28(39)32(26)42-29)44-34(46)30(14-11-22-9-12-25(45)13-10-22)49-36(48)41-20-23-7-5-4-6-8-23/h4-10,12-13,17-18,21,30-31,42,45H,3,11,14-16,19-20H2,1-2H3,(H2,40,50)(H,41,48)(H,43,47)(H,44,46)/t21-,30?,31-,37+/m0/s1. The van der Waals surface area contributed by atoms with Crippen LogP contribution in [0.15, 0.2) is 66.7 Å². The van der Waals surface area contributed by atoms with E-state index < -0.39 is 35.6 Å². The summed E-state index contributed by atoms with van der Waals surface area (Å²) in [6.45, 7) is 4.12. The van der Waals surface area contributed by atoms with Crippen molar-refractivity contribution >= 4 is 69.2 Å². The lowest BCUT2D eigenvalue weighted by atomic mass is 9.78. The third kappa shape index (κ3) is 8.69. The van der Waals surface area contributed by atoms with E-state index >= 15 is 0 Å². The van der Waals surface area contributed by atoms with Crippen LogP contribution in [0.3, 0.4) is 0 Å². The molecule has 3 aromatic carbocycles. The topological polar surface area (TPSA) is 159 Å². The third-order valence-corrected chi connectivity index (χ3v) is 10.1. The van der Waals surface area contributed by atoms with Gasteiger partial charge in [0, 0.05) is 29.1 Å². The van der Waals surface area contributed by atoms with Gasteiger partial charge in [0.2, 0.25) is 5.91 Å². The van der Waals surface area contributed by atoms with Crippen molar-refractivity contribution in [2.75, 3.05) is 0 Å². The molecule has 1 aliphatic rings. The molecule has 0 radical (unpaired) electrons. The van der Waals surface area contributed by atoms with Crippen molar-refractivity contribution in [3.63, 3.8) is 0 Å². The molecule has 4 atom stereocenters. The summed E-state index contributed by atoms with van der Waals surface area (Å²) < 4.78 is 5.75. The molecule has 0 fully saturated rings. The molecule has 50 heavy (non-hydrogen) atoms. The van der Waals surface area contributed by atoms with Crippen LogP contribution in [0.25, 0.3) is 10.9 Å². The number of aromatic amines is 1. The molecular formula is C37H41Cl2N5O5S. The number of phenols is 1. The first-order valence-corrected chi connectivity index (χ1v) is 17.7. The van der Waals surface area contributed by atoms with Crippen LogP contribution in [0.5, 0.6) is 5.75 Å². The normalized spacial score (nSPS) is 17.2. The van der Waals surface area contributed by atoms with Crippen LogP contribution in [0.1, 0.15) is 55.5 Å². The highest BCUT2D eigenvalue weighted by Crippen LogP contribution is 2.38. The molecule has 10 nitrogen and oxygen atoms in total. The molecule has 0 aliphatic heterocycles. The first-order chi connectivity index (χ1) is 23.9. The highest BCUT2D eigenvalue weighted by atomic mass is 35.5. The van der Waals surface area contributed by atoms with Gasteiger partial charge in [-0.2, -0.15) is 0 Å². The Kier molecular flexibility index (Phi) is 11.9. The number of hydrogen-bond acceptors (Lipinski definition) is 6. The van der Waals surface area contributed by atoms with Gasteiger partial charge in [0.1, 0.15) is 11.3 Å². The van der Waals surface area contributed by atoms with Crippen molar-refractivity contribution in [3.8, 4) is 5.75 Å². The molecule has 4 aromatic rings. The smallest absolute Gasteiger partial charge is 0.408 e. The van der Waals surface area contributed by atoms with Crippen molar-refractivity contribution in [2.45, 2.75) is 76.6 Å². The number of halogens is 2. The van der Waals surface area contributed by atoms with Crippen molar-refractivity contribution in [1.82, 2.24) is 20.9 Å². The van der Waals surface area contributed by atoms with Crippen molar-refractivity contribution in [2.24, 2.45) is 11.7 Å². The lowest BCUT2D eigenvalue weighted by Crippen LogP contribution is -2.65. The Labute approximate surface area is 306 Å². The number of aromatic hydroxyl groups is 1. The number of rotatable bonds is 13. The Hall–Kier alpha value is -4.32. The number of nitrogens with two attached hydrogens (primary N) is 1. The second-order valence-electron chi connectivity index (χ2n) is 12.8. The Morgan fingerprint density at radius 2 is 1.80 bits per heavy atom. The second-order valence-corrected chi connectivity index (χ2v) is 14.1. The van der Waals surface area contributed by atoms with Gasteiger partial charge in [0.25, 0.3) is 5.91 Å². The Morgan fingerprint density at radius 3 is 2.48 bits per heavy atom. The molecule has 1 heterocycles. The summed E-state index contributed by atoms with van der Waals surface area (Å²) in [5.41, 5.74) is 8.68. The van der Waals surface area contributed by atoms with Crippen molar-refractivity contribution in [1.29, 1.82) is 0 Å². The second kappa shape index (κ2) is 16.1. The van der Waals surface area contributed by atoms with Gasteiger partial charge in [-0.1, -0.05) is 98.2 Å². The Bertz CT molecular complexity index is 1870. The van der Waals surface area contributed by atoms with Crippen LogP contribution in [0.4, 0.5) is 4.79 Å². The van der Waals surface area contributed by atoms with Crippen LogP contribution >= 0.6 is 35.4 Å². The largest absolute Gasteiger partial charge is 0.508 e. The van der Waals surface area contributed by atoms with Gasteiger partial charge in [0.05, 0.1) is 21.6 Å². The van der Waals surface area contributed by atoms with Crippen LogP contribution in [0, 0.1) is 5.92 Å². The number of benzene rings is 3. The number of carbonyl (C=O) groups is 3. The minimum absolute atomic E-state index is 0.0660. The highest BCUT2D eigenvalue weighted by molar-refractivity contribution is 7.80. The summed E-state index contributed by atoms with van der Waals surface area (Å²) in [7, 11) is 0. The molecule has 13 heteroatoms. The average molecular weight is 739 g/mol. The maximum atomic E-state index is 14.5. The molecule has 0 spiro atoms. The number of ether oxygens (including phenoxy) is 1. The average Bonchev–Trinajstić information content (AvgIpc) is 3.46. The number of H-pyrrole nitrogens is 1. The van der Waals surface area contributed by atoms with Crippen molar-refractivity contribution in [3.05, 3.63) is 99.2 Å². The number of nitrogens with one attached hydrogen (secondary N) is 4. The molecule has 0 saturated heterocycles. The maximum Gasteiger partial charge on any atom is 0.408 e. The first kappa shape index (κ1) is 36.9. The summed E-state index contributed by atoms with van der Waals surface area (Å²) in [6, 6.07) is 18.7. The maximum absolute atomic E-state index is 14.5. The monoisotopic (exact) mass is 737 g/mol. The van der Waals surface area contributed by atoms with E-state index in [2.05, 4.69) is 20.9 Å². The molecule has 1 aliphatic carbocycles. The molecule has 1 unspecified atom stereocenters. The molecular weight excluding hydrogens is 697 g/mol. The number of amides is 3. The number of aromatic nitrogens is 1. The van der Waals surface area contributed by atoms with E-state index in [1.54, 1.807) is 36.4 Å². The summed E-state index contributed by atoms with van der Waals surface area (Å²) in [5, 5.41) is 20.1. The number of carbonyl (C=O) groups excluding carboxylic acids is 3. The molecule has 1 aromatic heterocycles. The van der Waals surface area contributed by atoms with E-state index in [0.29, 0.717) is 34.8 Å². The van der Waals surface area contributed by atoms with Crippen LogP contribution < -0.4 is 21.7 Å². The van der Waals surface area contributed by atoms with Crippen LogP contribution in [-0.4, -0.2) is 50.7 Å². The number of phenolic OH excluding ortho intramolecular Hbond substituents is 1. The Balaban J connectivity index is 1.46. The van der Waals surface area contributed by atoms with E-state index in [-0.39, 0.29) is 42.5 Å². The zero-order chi connectivity index (χ0) is 36.0. The van der Waals surface area contributed by atoms with E-state index in [0.717, 1.165) is 27.8 Å². The molecule has 7 N–H and O–H groups in total. The quantitative estimate of drug-likeness (QED) is 0.0883. The van der Waals surface area contributed by atoms with E-state index in [9.17, 15) is 19.5 Å². The van der Waals surface area contributed by atoms with Gasteiger partial charge in [-0.05, 0) is 72.6 Å². The molecule has 264 valence electrons. The summed E-state index contributed by atoms with van der Waals surface area (Å²) in [5.74, 6) is -1.05. The minimum Gasteiger partial charge on any atom is -0.508 e. The lowest BCUT2D eigenvalue weighted by molar-refractivity contribution is -0.139. The fourth-order valence-electron chi connectivity index (χ4n) is 6.30. The fraction of sp³-hybridized carbons (Fsp3) is 0.351. The van der Waals surface area contributed by atoms with E-state index in [1.165, 1.54) is 0 Å². The molecule has 0 saturated carbocycles. The van der Waals surface area contributed by atoms with Gasteiger partial charge < -0.3 is 36.5 Å². The van der Waals surface area contributed by atoms with Crippen LogP contribution in [-0.2, 0) is 40.1 Å². The van der Waals surface area contributed by atoms with Gasteiger partial charge in [-0.3, -0.25) is 9.59 Å². The Morgan fingerprint density at radius 1 is 1.08 bits per heavy atom. The van der Waals surface area contributed by atoms with Gasteiger partial charge in [-0.25, -0.2) is 4.79 Å². The number of hydrogen-bond donors (Lipinski definition) is 6. The predicted octanol–water partition coefficient (Wildman–Crippen LogP) is 6.27. The number of aryl methyl sites for hydroxylation is 2. The van der Waals surface area contributed by atoms with E-state index in [4.69, 9.17) is 45.9 Å². The van der Waals surface area contributed by atoms with Crippen LogP contribution in [0.2, 0.25) is 10.0 Å². The predicted molar refractivity (Wildman–Crippen MR) is 199 cm³/mol. The number of alkyl carbamates (subject to hydrolysis) is 1. The highest BCUT2D eigenvalue weighted by Gasteiger charge is 2.46. The van der Waals surface area contributed by atoms with Gasteiger partial charge >= 0.3 is 6.09 Å². The van der Waals surface area contributed by atoms with Crippen molar-refractivity contribution < 1.29 is 24.2 Å². The third-order valence-electron chi connectivity index (χ3n) is 9.36.